The van der Waals surface area contributed by atoms with E-state index in [2.05, 4.69) is 62.3 Å². The van der Waals surface area contributed by atoms with Gasteiger partial charge in [-0.15, -0.1) is 0 Å². The van der Waals surface area contributed by atoms with E-state index in [1.54, 1.807) is 0 Å². The molecule has 0 aromatic rings. The summed E-state index contributed by atoms with van der Waals surface area (Å²) in [6, 6.07) is 0. The quantitative estimate of drug-likeness (QED) is 0.576. The zero-order valence-electron chi connectivity index (χ0n) is 16.2. The van der Waals surface area contributed by atoms with Crippen LogP contribution in [0.3, 0.4) is 0 Å². The molecule has 0 radical (unpaired) electrons. The minimum absolute atomic E-state index is 0.0209. The van der Waals surface area contributed by atoms with Gasteiger partial charge in [0.2, 0.25) is 0 Å². The van der Waals surface area contributed by atoms with Crippen molar-refractivity contribution in [2.75, 3.05) is 0 Å². The summed E-state index contributed by atoms with van der Waals surface area (Å²) in [5.74, 6) is 1.26. The Bertz CT molecular complexity index is 321. The largest absolute Gasteiger partial charge is 0.463 e. The van der Waals surface area contributed by atoms with Crippen molar-refractivity contribution in [2.24, 2.45) is 34.5 Å². The molecule has 2 heteroatoms. The predicted molar refractivity (Wildman–Crippen MR) is 91.1 cm³/mol. The van der Waals surface area contributed by atoms with Crippen LogP contribution in [0.2, 0.25) is 0 Å². The molecule has 0 heterocycles. The van der Waals surface area contributed by atoms with Gasteiger partial charge in [0.1, 0.15) is 0 Å². The monoisotopic (exact) mass is 298 g/mol. The van der Waals surface area contributed by atoms with E-state index in [1.165, 1.54) is 0 Å². The summed E-state index contributed by atoms with van der Waals surface area (Å²) in [5.41, 5.74) is -0.582. The van der Waals surface area contributed by atoms with Gasteiger partial charge in [-0.05, 0) is 42.9 Å². The molecule has 0 bridgehead atoms. The first kappa shape index (κ1) is 20.5. The number of carbonyl (C=O) groups is 1. The fraction of sp³-hybridized carbons (Fsp3) is 0.947. The van der Waals surface area contributed by atoms with Gasteiger partial charge < -0.3 is 4.74 Å². The Morgan fingerprint density at radius 3 is 1.24 bits per heavy atom. The van der Waals surface area contributed by atoms with Gasteiger partial charge in [0.25, 0.3) is 0 Å². The molecule has 0 fully saturated rings. The van der Waals surface area contributed by atoms with Crippen molar-refractivity contribution in [1.29, 1.82) is 0 Å². The zero-order valence-corrected chi connectivity index (χ0v) is 16.2. The highest BCUT2D eigenvalue weighted by Crippen LogP contribution is 2.58. The second-order valence-electron chi connectivity index (χ2n) is 8.22. The number of ether oxygens (including phenoxy) is 1. The SMILES string of the molecule is CC(C)OC(=O)C(C(C)C)(C(C)C)C(C)(C(C)C)C(C)C. The molecule has 0 aliphatic carbocycles. The molecule has 0 aliphatic heterocycles. The second kappa shape index (κ2) is 7.15. The van der Waals surface area contributed by atoms with Crippen molar-refractivity contribution in [3.63, 3.8) is 0 Å². The van der Waals surface area contributed by atoms with E-state index >= 15 is 0 Å². The first-order valence-electron chi connectivity index (χ1n) is 8.57. The summed E-state index contributed by atoms with van der Waals surface area (Å²) >= 11 is 0. The van der Waals surface area contributed by atoms with Crippen LogP contribution in [0.25, 0.3) is 0 Å². The van der Waals surface area contributed by atoms with Crippen molar-refractivity contribution in [2.45, 2.75) is 82.3 Å². The highest BCUT2D eigenvalue weighted by atomic mass is 16.5. The van der Waals surface area contributed by atoms with Crippen LogP contribution in [0.4, 0.5) is 0 Å². The zero-order chi connectivity index (χ0) is 17.2. The van der Waals surface area contributed by atoms with E-state index in [9.17, 15) is 4.79 Å². The second-order valence-corrected chi connectivity index (χ2v) is 8.22. The summed E-state index contributed by atoms with van der Waals surface area (Å²) < 4.78 is 5.75. The summed E-state index contributed by atoms with van der Waals surface area (Å²) in [7, 11) is 0. The van der Waals surface area contributed by atoms with Crippen LogP contribution >= 0.6 is 0 Å². The fourth-order valence-corrected chi connectivity index (χ4v) is 4.54. The lowest BCUT2D eigenvalue weighted by Gasteiger charge is -2.57. The third kappa shape index (κ3) is 3.29. The molecule has 0 atom stereocenters. The lowest BCUT2D eigenvalue weighted by atomic mass is 9.46. The number of rotatable bonds is 7. The number of esters is 1. The van der Waals surface area contributed by atoms with Crippen LogP contribution < -0.4 is 0 Å². The third-order valence-corrected chi connectivity index (χ3v) is 5.79. The Kier molecular flexibility index (Phi) is 6.97. The van der Waals surface area contributed by atoms with Gasteiger partial charge in [-0.1, -0.05) is 62.3 Å². The highest BCUT2D eigenvalue weighted by molar-refractivity contribution is 5.79. The minimum atomic E-state index is -0.473. The Morgan fingerprint density at radius 2 is 1.05 bits per heavy atom. The van der Waals surface area contributed by atoms with Crippen molar-refractivity contribution in [3.8, 4) is 0 Å². The van der Waals surface area contributed by atoms with Gasteiger partial charge in [0, 0.05) is 0 Å². The van der Waals surface area contributed by atoms with Crippen LogP contribution in [0.5, 0.6) is 0 Å². The van der Waals surface area contributed by atoms with Crippen LogP contribution in [0.1, 0.15) is 76.2 Å². The van der Waals surface area contributed by atoms with Gasteiger partial charge in [-0.2, -0.15) is 0 Å². The lowest BCUT2D eigenvalue weighted by molar-refractivity contribution is -0.191. The Morgan fingerprint density at radius 1 is 0.714 bits per heavy atom. The number of hydrogen-bond donors (Lipinski definition) is 0. The van der Waals surface area contributed by atoms with Crippen molar-refractivity contribution in [3.05, 3.63) is 0 Å². The molecule has 0 aliphatic rings. The average molecular weight is 299 g/mol. The highest BCUT2D eigenvalue weighted by Gasteiger charge is 2.60. The topological polar surface area (TPSA) is 26.3 Å². The van der Waals surface area contributed by atoms with E-state index in [4.69, 9.17) is 4.74 Å². The van der Waals surface area contributed by atoms with Gasteiger partial charge in [-0.3, -0.25) is 4.79 Å². The van der Waals surface area contributed by atoms with Crippen LogP contribution in [-0.4, -0.2) is 12.1 Å². The van der Waals surface area contributed by atoms with Crippen molar-refractivity contribution < 1.29 is 9.53 Å². The van der Waals surface area contributed by atoms with Crippen molar-refractivity contribution in [1.82, 2.24) is 0 Å². The predicted octanol–water partition coefficient (Wildman–Crippen LogP) is 5.55. The maximum Gasteiger partial charge on any atom is 0.313 e. The molecule has 0 aromatic carbocycles. The van der Waals surface area contributed by atoms with Gasteiger partial charge in [0.15, 0.2) is 0 Å². The van der Waals surface area contributed by atoms with Gasteiger partial charge >= 0.3 is 5.97 Å². The molecule has 0 spiro atoms. The van der Waals surface area contributed by atoms with E-state index in [1.807, 2.05) is 13.8 Å². The summed E-state index contributed by atoms with van der Waals surface area (Å²) in [5, 5.41) is 0. The molecular formula is C19H38O2. The number of carbonyl (C=O) groups excluding carboxylic acids is 1. The van der Waals surface area contributed by atoms with E-state index in [-0.39, 0.29) is 29.3 Å². The van der Waals surface area contributed by atoms with Crippen LogP contribution in [0, 0.1) is 34.5 Å². The van der Waals surface area contributed by atoms with Crippen LogP contribution in [-0.2, 0) is 9.53 Å². The molecule has 0 rings (SSSR count). The maximum atomic E-state index is 13.2. The molecule has 21 heavy (non-hydrogen) atoms. The van der Waals surface area contributed by atoms with E-state index in [0.29, 0.717) is 11.8 Å². The minimum Gasteiger partial charge on any atom is -0.463 e. The molecule has 2 nitrogen and oxygen atoms in total. The third-order valence-electron chi connectivity index (χ3n) is 5.79. The Labute approximate surface area is 133 Å². The summed E-state index contributed by atoms with van der Waals surface area (Å²) in [4.78, 5) is 13.2. The normalized spacial score (nSPS) is 13.9. The smallest absolute Gasteiger partial charge is 0.313 e. The molecule has 0 amide bonds. The summed E-state index contributed by atoms with van der Waals surface area (Å²) in [6.07, 6.45) is -0.0713. The molecule has 0 unspecified atom stereocenters. The van der Waals surface area contributed by atoms with E-state index < -0.39 is 5.41 Å². The molecule has 0 N–H and O–H groups in total. The lowest BCUT2D eigenvalue weighted by Crippen LogP contribution is -2.59. The molecular weight excluding hydrogens is 260 g/mol. The van der Waals surface area contributed by atoms with E-state index in [0.717, 1.165) is 0 Å². The fourth-order valence-electron chi connectivity index (χ4n) is 4.54. The maximum absolute atomic E-state index is 13.2. The Hall–Kier alpha value is -0.530. The number of hydrogen-bond acceptors (Lipinski definition) is 2. The first-order chi connectivity index (χ1) is 9.36. The molecule has 126 valence electrons. The average Bonchev–Trinajstić information content (AvgIpc) is 2.26. The first-order valence-corrected chi connectivity index (χ1v) is 8.57. The molecule has 0 saturated carbocycles. The van der Waals surface area contributed by atoms with Crippen LogP contribution in [0.15, 0.2) is 0 Å². The molecule has 0 saturated heterocycles. The summed E-state index contributed by atoms with van der Waals surface area (Å²) in [6.45, 7) is 23.8. The van der Waals surface area contributed by atoms with Gasteiger partial charge in [-0.25, -0.2) is 0 Å². The molecule has 0 aromatic heterocycles. The van der Waals surface area contributed by atoms with Gasteiger partial charge in [0.05, 0.1) is 11.5 Å². The standard InChI is InChI=1S/C19H38O2/c1-12(2)18(11,13(3)4)19(14(5)6,15(7)8)17(20)21-16(9)10/h12-16H,1-11H3. The van der Waals surface area contributed by atoms with Crippen molar-refractivity contribution >= 4 is 5.97 Å². The Balaban J connectivity index is 6.32.